The van der Waals surface area contributed by atoms with E-state index in [2.05, 4.69) is 10.3 Å². The van der Waals surface area contributed by atoms with Gasteiger partial charge >= 0.3 is 0 Å². The Morgan fingerprint density at radius 2 is 2.31 bits per heavy atom. The minimum Gasteiger partial charge on any atom is -0.354 e. The fraction of sp³-hybridized carbons (Fsp3) is 0.273. The predicted molar refractivity (Wildman–Crippen MR) is 57.9 cm³/mol. The Morgan fingerprint density at radius 1 is 1.56 bits per heavy atom. The molecule has 0 atom stereocenters. The number of fused-ring (bicyclic) bond motifs is 1. The van der Waals surface area contributed by atoms with Crippen molar-refractivity contribution < 1.29 is 9.18 Å². The van der Waals surface area contributed by atoms with Crippen molar-refractivity contribution in [3.8, 4) is 0 Å². The van der Waals surface area contributed by atoms with Gasteiger partial charge in [-0.05, 0) is 18.6 Å². The Morgan fingerprint density at radius 3 is 2.94 bits per heavy atom. The highest BCUT2D eigenvalue weighted by molar-refractivity contribution is 5.94. The van der Waals surface area contributed by atoms with Crippen molar-refractivity contribution in [1.29, 1.82) is 0 Å². The Kier molecular flexibility index (Phi) is 2.60. The number of amides is 1. The number of hydrogen-bond donors (Lipinski definition) is 1. The first-order valence-corrected chi connectivity index (χ1v) is 5.06. The van der Waals surface area contributed by atoms with Crippen molar-refractivity contribution >= 4 is 11.6 Å². The van der Waals surface area contributed by atoms with Crippen LogP contribution in [0.1, 0.15) is 23.1 Å². The average molecular weight is 221 g/mol. The van der Waals surface area contributed by atoms with E-state index < -0.39 is 5.82 Å². The molecule has 4 nitrogen and oxygen atoms in total. The van der Waals surface area contributed by atoms with Gasteiger partial charge < -0.3 is 5.32 Å². The van der Waals surface area contributed by atoms with E-state index in [9.17, 15) is 9.18 Å². The highest BCUT2D eigenvalue weighted by Gasteiger charge is 2.16. The number of nitrogens with zero attached hydrogens (tertiary/aromatic N) is 2. The first-order chi connectivity index (χ1) is 7.67. The number of pyridine rings is 1. The maximum absolute atomic E-state index is 13.1. The number of hydrogen-bond acceptors (Lipinski definition) is 2. The van der Waals surface area contributed by atoms with Crippen LogP contribution < -0.4 is 5.32 Å². The monoisotopic (exact) mass is 221 g/mol. The second kappa shape index (κ2) is 3.92. The van der Waals surface area contributed by atoms with E-state index in [0.717, 1.165) is 0 Å². The van der Waals surface area contributed by atoms with E-state index in [0.29, 0.717) is 23.5 Å². The summed E-state index contributed by atoms with van der Waals surface area (Å²) < 4.78 is 14.6. The van der Waals surface area contributed by atoms with Gasteiger partial charge in [-0.3, -0.25) is 9.20 Å². The third kappa shape index (κ3) is 1.54. The zero-order chi connectivity index (χ0) is 11.7. The number of halogens is 1. The maximum Gasteiger partial charge on any atom is 0.269 e. The Bertz CT molecular complexity index is 547. The van der Waals surface area contributed by atoms with E-state index in [4.69, 9.17) is 0 Å². The van der Waals surface area contributed by atoms with Crippen LogP contribution in [0.3, 0.4) is 0 Å². The number of aryl methyl sites for hydroxylation is 1. The van der Waals surface area contributed by atoms with Gasteiger partial charge in [0.2, 0.25) is 0 Å². The second-order valence-electron chi connectivity index (χ2n) is 3.42. The molecule has 0 saturated carbocycles. The molecule has 84 valence electrons. The summed E-state index contributed by atoms with van der Waals surface area (Å²) >= 11 is 0. The summed E-state index contributed by atoms with van der Waals surface area (Å²) in [5.74, 6) is -0.646. The third-order valence-electron chi connectivity index (χ3n) is 2.43. The lowest BCUT2D eigenvalue weighted by Gasteiger charge is -2.01. The summed E-state index contributed by atoms with van der Waals surface area (Å²) in [7, 11) is 1.54. The maximum atomic E-state index is 13.1. The molecule has 0 radical (unpaired) electrons. The molecule has 0 spiro atoms. The Hall–Kier alpha value is -1.91. The number of aromatic nitrogens is 2. The van der Waals surface area contributed by atoms with Crippen LogP contribution in [-0.2, 0) is 6.42 Å². The number of nitrogens with one attached hydrogen (secondary N) is 1. The van der Waals surface area contributed by atoms with E-state index >= 15 is 0 Å². The minimum atomic E-state index is -0.391. The van der Waals surface area contributed by atoms with Gasteiger partial charge in [-0.2, -0.15) is 0 Å². The molecule has 0 fully saturated rings. The molecule has 5 heteroatoms. The minimum absolute atomic E-state index is 0.255. The van der Waals surface area contributed by atoms with Gasteiger partial charge in [0.05, 0.1) is 5.69 Å². The standard InChI is InChI=1S/C11H12FN3O/c1-3-8-10(11(16)13-2)15-6-7(12)4-5-9(15)14-8/h4-6H,3H2,1-2H3,(H,13,16). The molecular weight excluding hydrogens is 209 g/mol. The van der Waals surface area contributed by atoms with Gasteiger partial charge in [-0.15, -0.1) is 0 Å². The molecule has 0 unspecified atom stereocenters. The van der Waals surface area contributed by atoms with Crippen molar-refractivity contribution in [1.82, 2.24) is 14.7 Å². The van der Waals surface area contributed by atoms with E-state index in [1.165, 1.54) is 16.7 Å². The molecule has 16 heavy (non-hydrogen) atoms. The van der Waals surface area contributed by atoms with Crippen LogP contribution in [0.5, 0.6) is 0 Å². The lowest BCUT2D eigenvalue weighted by atomic mass is 10.2. The number of carbonyl (C=O) groups excluding carboxylic acids is 1. The summed E-state index contributed by atoms with van der Waals surface area (Å²) in [5, 5.41) is 2.53. The summed E-state index contributed by atoms with van der Waals surface area (Å²) in [6.45, 7) is 1.91. The zero-order valence-electron chi connectivity index (χ0n) is 9.12. The van der Waals surface area contributed by atoms with Crippen LogP contribution >= 0.6 is 0 Å². The average Bonchev–Trinajstić information content (AvgIpc) is 2.65. The zero-order valence-corrected chi connectivity index (χ0v) is 9.12. The molecule has 1 N–H and O–H groups in total. The largest absolute Gasteiger partial charge is 0.354 e. The molecule has 0 aliphatic rings. The third-order valence-corrected chi connectivity index (χ3v) is 2.43. The molecular formula is C11H12FN3O. The van der Waals surface area contributed by atoms with E-state index in [1.54, 1.807) is 13.1 Å². The molecule has 2 aromatic rings. The summed E-state index contributed by atoms with van der Waals surface area (Å²) in [5.41, 5.74) is 1.65. The highest BCUT2D eigenvalue weighted by atomic mass is 19.1. The van der Waals surface area contributed by atoms with E-state index in [1.807, 2.05) is 6.92 Å². The van der Waals surface area contributed by atoms with Crippen molar-refractivity contribution in [2.75, 3.05) is 7.05 Å². The van der Waals surface area contributed by atoms with Crippen molar-refractivity contribution in [3.63, 3.8) is 0 Å². The molecule has 0 saturated heterocycles. The molecule has 0 aliphatic carbocycles. The van der Waals surface area contributed by atoms with Crippen molar-refractivity contribution in [2.45, 2.75) is 13.3 Å². The number of imidazole rings is 1. The molecule has 0 aliphatic heterocycles. The lowest BCUT2D eigenvalue weighted by molar-refractivity contribution is 0.0956. The molecule has 1 amide bonds. The lowest BCUT2D eigenvalue weighted by Crippen LogP contribution is -2.21. The SMILES string of the molecule is CCc1nc2ccc(F)cn2c1C(=O)NC. The van der Waals surface area contributed by atoms with Crippen LogP contribution in [0.2, 0.25) is 0 Å². The first-order valence-electron chi connectivity index (χ1n) is 5.06. The number of carbonyl (C=O) groups is 1. The smallest absolute Gasteiger partial charge is 0.269 e. The van der Waals surface area contributed by atoms with Crippen molar-refractivity contribution in [2.24, 2.45) is 0 Å². The van der Waals surface area contributed by atoms with Gasteiger partial charge in [-0.25, -0.2) is 9.37 Å². The Balaban J connectivity index is 2.75. The topological polar surface area (TPSA) is 46.4 Å². The van der Waals surface area contributed by atoms with Crippen LogP contribution in [0.25, 0.3) is 5.65 Å². The predicted octanol–water partition coefficient (Wildman–Crippen LogP) is 1.40. The quantitative estimate of drug-likeness (QED) is 0.833. The summed E-state index contributed by atoms with van der Waals surface area (Å²) in [4.78, 5) is 16.0. The van der Waals surface area contributed by atoms with Crippen LogP contribution in [-0.4, -0.2) is 22.3 Å². The fourth-order valence-corrected chi connectivity index (χ4v) is 1.67. The highest BCUT2D eigenvalue weighted by Crippen LogP contribution is 2.14. The van der Waals surface area contributed by atoms with Gasteiger partial charge in [0.25, 0.3) is 5.91 Å². The second-order valence-corrected chi connectivity index (χ2v) is 3.42. The number of rotatable bonds is 2. The molecule has 2 aromatic heterocycles. The van der Waals surface area contributed by atoms with Crippen LogP contribution in [0, 0.1) is 5.82 Å². The van der Waals surface area contributed by atoms with Crippen molar-refractivity contribution in [3.05, 3.63) is 35.5 Å². The molecule has 2 heterocycles. The van der Waals surface area contributed by atoms with Crippen LogP contribution in [0.15, 0.2) is 18.3 Å². The molecule has 0 aromatic carbocycles. The Labute approximate surface area is 92.1 Å². The summed E-state index contributed by atoms with van der Waals surface area (Å²) in [6, 6.07) is 2.89. The first kappa shape index (κ1) is 10.6. The van der Waals surface area contributed by atoms with Gasteiger partial charge in [0.15, 0.2) is 0 Å². The molecule has 2 rings (SSSR count). The fourth-order valence-electron chi connectivity index (χ4n) is 1.67. The molecule has 0 bridgehead atoms. The van der Waals surface area contributed by atoms with Crippen LogP contribution in [0.4, 0.5) is 4.39 Å². The van der Waals surface area contributed by atoms with Gasteiger partial charge in [-0.1, -0.05) is 6.92 Å². The van der Waals surface area contributed by atoms with Gasteiger partial charge in [0, 0.05) is 13.2 Å². The normalized spacial score (nSPS) is 10.7. The van der Waals surface area contributed by atoms with E-state index in [-0.39, 0.29) is 5.91 Å². The summed E-state index contributed by atoms with van der Waals surface area (Å²) in [6.07, 6.45) is 1.90. The van der Waals surface area contributed by atoms with Gasteiger partial charge in [0.1, 0.15) is 17.2 Å².